The number of benzene rings is 1. The maximum Gasteiger partial charge on any atom is 0.416 e. The summed E-state index contributed by atoms with van der Waals surface area (Å²) in [5, 5.41) is 4.16. The van der Waals surface area contributed by atoms with Crippen LogP contribution in [0, 0.1) is 0 Å². The van der Waals surface area contributed by atoms with Crippen molar-refractivity contribution in [2.75, 3.05) is 0 Å². The van der Waals surface area contributed by atoms with Crippen molar-refractivity contribution in [1.29, 1.82) is 0 Å². The van der Waals surface area contributed by atoms with Gasteiger partial charge in [0, 0.05) is 29.6 Å². The van der Waals surface area contributed by atoms with Crippen LogP contribution in [0.3, 0.4) is 0 Å². The fourth-order valence-electron chi connectivity index (χ4n) is 2.54. The molecule has 0 aliphatic rings. The molecule has 3 heterocycles. The Morgan fingerprint density at radius 2 is 1.73 bits per heavy atom. The summed E-state index contributed by atoms with van der Waals surface area (Å²) in [5.41, 5.74) is 0.582. The summed E-state index contributed by atoms with van der Waals surface area (Å²) in [6, 6.07) is 9.34. The van der Waals surface area contributed by atoms with Crippen LogP contribution in [0.25, 0.3) is 22.6 Å². The molecule has 0 fully saturated rings. The van der Waals surface area contributed by atoms with Crippen molar-refractivity contribution >= 4 is 11.8 Å². The number of H-pyrrole nitrogens is 1. The van der Waals surface area contributed by atoms with E-state index in [0.717, 1.165) is 17.7 Å². The third-order valence-corrected chi connectivity index (χ3v) is 4.82. The summed E-state index contributed by atoms with van der Waals surface area (Å²) in [5.74, 6) is 0.634. The van der Waals surface area contributed by atoms with Crippen molar-refractivity contribution in [2.45, 2.75) is 17.1 Å². The van der Waals surface area contributed by atoms with E-state index in [4.69, 9.17) is 4.52 Å². The van der Waals surface area contributed by atoms with E-state index in [1.54, 1.807) is 24.5 Å². The molecule has 0 atom stereocenters. The van der Waals surface area contributed by atoms with Gasteiger partial charge in [0.05, 0.1) is 17.0 Å². The Balaban J connectivity index is 1.47. The first-order valence-electron chi connectivity index (χ1n) is 8.53. The van der Waals surface area contributed by atoms with Gasteiger partial charge in [-0.3, -0.25) is 9.78 Å². The Morgan fingerprint density at radius 1 is 1.00 bits per heavy atom. The van der Waals surface area contributed by atoms with E-state index in [9.17, 15) is 18.0 Å². The molecule has 0 spiro atoms. The number of nitrogens with zero attached hydrogens (tertiary/aromatic N) is 4. The summed E-state index contributed by atoms with van der Waals surface area (Å²) in [4.78, 5) is 27.1. The largest absolute Gasteiger partial charge is 0.416 e. The molecule has 152 valence electrons. The number of hydrogen-bond donors (Lipinski definition) is 1. The lowest BCUT2D eigenvalue weighted by molar-refractivity contribution is -0.137. The molecule has 4 aromatic rings. The van der Waals surface area contributed by atoms with Gasteiger partial charge >= 0.3 is 6.18 Å². The minimum Gasteiger partial charge on any atom is -0.338 e. The summed E-state index contributed by atoms with van der Waals surface area (Å²) in [6.45, 7) is 0. The van der Waals surface area contributed by atoms with Crippen molar-refractivity contribution in [2.24, 2.45) is 0 Å². The van der Waals surface area contributed by atoms with E-state index >= 15 is 0 Å². The van der Waals surface area contributed by atoms with E-state index < -0.39 is 11.7 Å². The van der Waals surface area contributed by atoms with Gasteiger partial charge in [0.2, 0.25) is 11.7 Å². The minimum atomic E-state index is -4.41. The normalized spacial score (nSPS) is 11.6. The Labute approximate surface area is 171 Å². The Kier molecular flexibility index (Phi) is 5.36. The van der Waals surface area contributed by atoms with Crippen LogP contribution in [0.2, 0.25) is 0 Å². The smallest absolute Gasteiger partial charge is 0.338 e. The highest BCUT2D eigenvalue weighted by atomic mass is 32.2. The molecule has 0 saturated carbocycles. The zero-order valence-corrected chi connectivity index (χ0v) is 15.9. The maximum atomic E-state index is 12.7. The van der Waals surface area contributed by atoms with E-state index in [1.165, 1.54) is 30.0 Å². The van der Waals surface area contributed by atoms with Crippen molar-refractivity contribution in [3.63, 3.8) is 0 Å². The molecule has 0 unspecified atom stereocenters. The predicted octanol–water partition coefficient (Wildman–Crippen LogP) is 4.19. The summed E-state index contributed by atoms with van der Waals surface area (Å²) < 4.78 is 43.1. The van der Waals surface area contributed by atoms with Gasteiger partial charge in [-0.1, -0.05) is 29.1 Å². The van der Waals surface area contributed by atoms with Gasteiger partial charge in [0.15, 0.2) is 5.16 Å². The lowest BCUT2D eigenvalue weighted by atomic mass is 10.1. The van der Waals surface area contributed by atoms with Crippen LogP contribution in [0.4, 0.5) is 13.2 Å². The fraction of sp³-hybridized carbons (Fsp3) is 0.105. The molecule has 0 amide bonds. The molecule has 7 nitrogen and oxygen atoms in total. The molecule has 1 aromatic carbocycles. The Hall–Kier alpha value is -3.47. The second-order valence-corrected chi connectivity index (χ2v) is 7.01. The summed E-state index contributed by atoms with van der Waals surface area (Å²) in [6.07, 6.45) is -1.20. The van der Waals surface area contributed by atoms with Crippen molar-refractivity contribution < 1.29 is 17.7 Å². The van der Waals surface area contributed by atoms with Crippen molar-refractivity contribution in [3.8, 4) is 22.6 Å². The Morgan fingerprint density at radius 3 is 2.43 bits per heavy atom. The number of halogens is 3. The van der Waals surface area contributed by atoms with Crippen molar-refractivity contribution in [3.05, 3.63) is 76.7 Å². The number of aromatic amines is 1. The zero-order valence-electron chi connectivity index (χ0n) is 15.1. The molecule has 0 radical (unpaired) electrons. The minimum absolute atomic E-state index is 0.173. The first-order valence-corrected chi connectivity index (χ1v) is 9.52. The van der Waals surface area contributed by atoms with Crippen LogP contribution in [0.15, 0.2) is 69.3 Å². The van der Waals surface area contributed by atoms with Crippen LogP contribution >= 0.6 is 11.8 Å². The number of alkyl halides is 3. The molecule has 0 aliphatic heterocycles. The van der Waals surface area contributed by atoms with Crippen LogP contribution in [0.1, 0.15) is 11.5 Å². The molecule has 0 bridgehead atoms. The predicted molar refractivity (Wildman–Crippen MR) is 102 cm³/mol. The van der Waals surface area contributed by atoms with Gasteiger partial charge in [0.25, 0.3) is 5.56 Å². The number of pyridine rings is 1. The number of thioether (sulfide) groups is 1. The number of nitrogens with one attached hydrogen (secondary N) is 1. The summed E-state index contributed by atoms with van der Waals surface area (Å²) >= 11 is 1.18. The highest BCUT2D eigenvalue weighted by Crippen LogP contribution is 2.30. The number of rotatable bonds is 5. The van der Waals surface area contributed by atoms with Gasteiger partial charge < -0.3 is 9.51 Å². The van der Waals surface area contributed by atoms with E-state index in [1.807, 2.05) is 0 Å². The van der Waals surface area contributed by atoms with Crippen LogP contribution in [0.5, 0.6) is 0 Å². The lowest BCUT2D eigenvalue weighted by Gasteiger charge is -2.05. The van der Waals surface area contributed by atoms with E-state index in [-0.39, 0.29) is 23.0 Å². The highest BCUT2D eigenvalue weighted by Gasteiger charge is 2.30. The second-order valence-electron chi connectivity index (χ2n) is 6.05. The van der Waals surface area contributed by atoms with Gasteiger partial charge in [0.1, 0.15) is 0 Å². The quantitative estimate of drug-likeness (QED) is 0.374. The molecule has 0 saturated heterocycles. The second kappa shape index (κ2) is 8.11. The molecule has 1 N–H and O–H groups in total. The SMILES string of the molecule is O=c1cc(-c2ccncc2)nc(SCc2nc(-c3ccc(C(F)(F)F)cc3)no2)[nH]1. The average molecular weight is 431 g/mol. The number of hydrogen-bond acceptors (Lipinski definition) is 7. The summed E-state index contributed by atoms with van der Waals surface area (Å²) in [7, 11) is 0. The molecule has 3 aromatic heterocycles. The first kappa shape index (κ1) is 19.8. The standard InChI is InChI=1S/C19H12F3N5O2S/c20-19(21,22)13-3-1-12(2-4-13)17-26-16(29-27-17)10-30-18-24-14(9-15(28)25-18)11-5-7-23-8-6-11/h1-9H,10H2,(H,24,25,28). The molecule has 30 heavy (non-hydrogen) atoms. The molecule has 4 rings (SSSR count). The third kappa shape index (κ3) is 4.57. The molecule has 11 heteroatoms. The zero-order chi connectivity index (χ0) is 21.1. The van der Waals surface area contributed by atoms with Gasteiger partial charge in [-0.2, -0.15) is 18.2 Å². The van der Waals surface area contributed by atoms with E-state index in [2.05, 4.69) is 25.1 Å². The molecular weight excluding hydrogens is 419 g/mol. The maximum absolute atomic E-state index is 12.7. The van der Waals surface area contributed by atoms with Gasteiger partial charge in [-0.15, -0.1) is 0 Å². The molecular formula is C19H12F3N5O2S. The number of aromatic nitrogens is 5. The van der Waals surface area contributed by atoms with Gasteiger partial charge in [-0.05, 0) is 24.3 Å². The van der Waals surface area contributed by atoms with Crippen LogP contribution in [-0.4, -0.2) is 25.1 Å². The van der Waals surface area contributed by atoms with Crippen molar-refractivity contribution in [1.82, 2.24) is 25.1 Å². The topological polar surface area (TPSA) is 97.6 Å². The third-order valence-electron chi connectivity index (χ3n) is 3.97. The Bertz CT molecular complexity index is 1210. The molecule has 0 aliphatic carbocycles. The van der Waals surface area contributed by atoms with Crippen LogP contribution in [-0.2, 0) is 11.9 Å². The van der Waals surface area contributed by atoms with Crippen LogP contribution < -0.4 is 5.56 Å². The van der Waals surface area contributed by atoms with Gasteiger partial charge in [-0.25, -0.2) is 4.98 Å². The first-order chi connectivity index (χ1) is 14.4. The lowest BCUT2D eigenvalue weighted by Crippen LogP contribution is -2.08. The monoisotopic (exact) mass is 431 g/mol. The highest BCUT2D eigenvalue weighted by molar-refractivity contribution is 7.98. The average Bonchev–Trinajstić information content (AvgIpc) is 3.21. The van der Waals surface area contributed by atoms with E-state index in [0.29, 0.717) is 16.4 Å². The fourth-order valence-corrected chi connectivity index (χ4v) is 3.26.